The van der Waals surface area contributed by atoms with Gasteiger partial charge in [0, 0.05) is 23.1 Å². The van der Waals surface area contributed by atoms with Crippen LogP contribution in [0.1, 0.15) is 5.56 Å². The summed E-state index contributed by atoms with van der Waals surface area (Å²) in [4.78, 5) is 7.52. The number of thiophene rings is 1. The van der Waals surface area contributed by atoms with E-state index in [0.29, 0.717) is 0 Å². The summed E-state index contributed by atoms with van der Waals surface area (Å²) in [5.74, 6) is 0.897. The molecule has 0 N–H and O–H groups in total. The molecule has 4 nitrogen and oxygen atoms in total. The van der Waals surface area contributed by atoms with Gasteiger partial charge in [-0.25, -0.2) is 11.3 Å². The van der Waals surface area contributed by atoms with Crippen LogP contribution in [0.4, 0.5) is 11.4 Å². The Morgan fingerprint density at radius 1 is 0.718 bits per heavy atom. The molecule has 0 unspecified atom stereocenters. The summed E-state index contributed by atoms with van der Waals surface area (Å²) in [6.45, 7) is 1.99. The van der Waals surface area contributed by atoms with Crippen LogP contribution < -0.4 is 9.91 Å². The van der Waals surface area contributed by atoms with E-state index >= 15 is 0 Å². The molecule has 2 aromatic heterocycles. The second-order valence-electron chi connectivity index (χ2n) is 8.47. The largest absolute Gasteiger partial charge is 3.00 e. The number of nitrogens with zero attached hydrogens (tertiary/aromatic N) is 4. The quantitative estimate of drug-likeness (QED) is 0.175. The Labute approximate surface area is 246 Å². The van der Waals surface area contributed by atoms with Gasteiger partial charge in [0.15, 0.2) is 0 Å². The maximum absolute atomic E-state index is 4.78. The fraction of sp³-hybridized carbons (Fsp3) is 0. The van der Waals surface area contributed by atoms with Crippen LogP contribution in [0.15, 0.2) is 139 Å². The van der Waals surface area contributed by atoms with Gasteiger partial charge in [-0.2, -0.15) is 29.4 Å². The molecule has 0 atom stereocenters. The van der Waals surface area contributed by atoms with Gasteiger partial charge >= 0.3 is 20.1 Å². The molecule has 0 amide bonds. The summed E-state index contributed by atoms with van der Waals surface area (Å²) in [5.41, 5.74) is 4.07. The monoisotopic (exact) mass is 700 g/mol. The van der Waals surface area contributed by atoms with E-state index in [-0.39, 0.29) is 20.1 Å². The zero-order valence-electron chi connectivity index (χ0n) is 20.8. The second kappa shape index (κ2) is 12.6. The molecule has 0 radical (unpaired) electrons. The number of benzene rings is 4. The number of fused-ring (bicyclic) bond motifs is 1. The number of anilines is 2. The fourth-order valence-corrected chi connectivity index (χ4v) is 5.06. The van der Waals surface area contributed by atoms with Crippen molar-refractivity contribution in [2.45, 2.75) is 0 Å². The van der Waals surface area contributed by atoms with E-state index in [1.165, 1.54) is 10.1 Å². The van der Waals surface area contributed by atoms with Crippen molar-refractivity contribution >= 4 is 38.6 Å². The zero-order valence-corrected chi connectivity index (χ0v) is 24.0. The maximum atomic E-state index is 4.78. The van der Waals surface area contributed by atoms with Gasteiger partial charge in [0.2, 0.25) is 0 Å². The van der Waals surface area contributed by atoms with Crippen LogP contribution in [0, 0.1) is 18.8 Å². The Morgan fingerprint density at radius 2 is 1.44 bits per heavy atom. The van der Waals surface area contributed by atoms with E-state index in [2.05, 4.69) is 64.5 Å². The molecular weight excluding hydrogens is 677 g/mol. The van der Waals surface area contributed by atoms with Gasteiger partial charge in [-0.3, -0.25) is 0 Å². The number of para-hydroxylation sites is 2. The molecule has 1 aliphatic heterocycles. The molecule has 4 aromatic carbocycles. The van der Waals surface area contributed by atoms with E-state index in [0.717, 1.165) is 33.3 Å². The number of amidine groups is 1. The summed E-state index contributed by atoms with van der Waals surface area (Å²) < 4.78 is 1.26. The molecule has 0 spiro atoms. The molecule has 190 valence electrons. The van der Waals surface area contributed by atoms with Gasteiger partial charge < -0.3 is 14.9 Å². The van der Waals surface area contributed by atoms with Crippen molar-refractivity contribution in [3.63, 3.8) is 0 Å². The van der Waals surface area contributed by atoms with Crippen LogP contribution in [-0.4, -0.2) is 10.8 Å². The van der Waals surface area contributed by atoms with Gasteiger partial charge in [0.05, 0.1) is 0 Å². The zero-order chi connectivity index (χ0) is 25.6. The minimum Gasteiger partial charge on any atom is -0.456 e. The number of hydrazone groups is 1. The van der Waals surface area contributed by atoms with Crippen molar-refractivity contribution in [1.29, 1.82) is 0 Å². The molecular formula is C33H23IrN4S. The van der Waals surface area contributed by atoms with Crippen LogP contribution in [0.25, 0.3) is 20.7 Å². The van der Waals surface area contributed by atoms with E-state index in [4.69, 9.17) is 5.10 Å². The fourth-order valence-electron chi connectivity index (χ4n) is 4.07. The minimum atomic E-state index is 0. The molecule has 6 aromatic rings. The third kappa shape index (κ3) is 6.15. The molecule has 0 bridgehead atoms. The van der Waals surface area contributed by atoms with Crippen molar-refractivity contribution < 1.29 is 20.1 Å². The molecule has 3 heterocycles. The Balaban J connectivity index is 0.000000167. The van der Waals surface area contributed by atoms with E-state index < -0.39 is 0 Å². The van der Waals surface area contributed by atoms with Gasteiger partial charge in [-0.05, 0) is 27.8 Å². The molecule has 0 aliphatic carbocycles. The first-order valence-corrected chi connectivity index (χ1v) is 13.1. The van der Waals surface area contributed by atoms with E-state index in [1.54, 1.807) is 11.3 Å². The summed E-state index contributed by atoms with van der Waals surface area (Å²) >= 11 is 1.73. The van der Waals surface area contributed by atoms with Crippen molar-refractivity contribution in [3.8, 4) is 10.6 Å². The number of rotatable bonds is 4. The smallest absolute Gasteiger partial charge is 0.456 e. The first-order chi connectivity index (χ1) is 18.8. The molecule has 1 aliphatic rings. The summed E-state index contributed by atoms with van der Waals surface area (Å²) in [5, 5.41) is 7.80. The molecule has 0 saturated heterocycles. The number of aromatic nitrogens is 1. The summed E-state index contributed by atoms with van der Waals surface area (Å²) in [6.07, 6.45) is 1.81. The van der Waals surface area contributed by atoms with Crippen LogP contribution in [0.2, 0.25) is 0 Å². The normalized spacial score (nSPS) is 12.4. The van der Waals surface area contributed by atoms with Gasteiger partial charge in [0.25, 0.3) is 0 Å². The summed E-state index contributed by atoms with van der Waals surface area (Å²) in [6, 6.07) is 49.1. The number of hydrogen-bond donors (Lipinski definition) is 0. The topological polar surface area (TPSA) is 31.7 Å². The van der Waals surface area contributed by atoms with Gasteiger partial charge in [-0.1, -0.05) is 78.5 Å². The van der Waals surface area contributed by atoms with E-state index in [9.17, 15) is 0 Å². The minimum absolute atomic E-state index is 0. The standard InChI is InChI=1S/C20H15N3.C13H8NS.Ir/c1-4-10-17(11-5-1)20-21-23(19-14-8-3-9-15-19)16-22(20)18-12-6-2-7-13-18;1-2-7-12-10(5-1)9-13(15-12)11-6-3-4-8-14-11;/h1-14,16H;1-8H;/q-2;-1;+3. The molecule has 6 heteroatoms. The van der Waals surface area contributed by atoms with Crippen molar-refractivity contribution in [2.75, 3.05) is 9.91 Å². The average molecular weight is 700 g/mol. The van der Waals surface area contributed by atoms with Crippen LogP contribution >= 0.6 is 11.3 Å². The van der Waals surface area contributed by atoms with Crippen LogP contribution in [0.5, 0.6) is 0 Å². The Kier molecular flexibility index (Phi) is 8.59. The Bertz CT molecular complexity index is 1610. The number of pyridine rings is 1. The molecule has 7 rings (SSSR count). The first-order valence-electron chi connectivity index (χ1n) is 12.3. The average Bonchev–Trinajstić information content (AvgIpc) is 3.65. The van der Waals surface area contributed by atoms with Crippen molar-refractivity contribution in [3.05, 3.63) is 158 Å². The van der Waals surface area contributed by atoms with Crippen molar-refractivity contribution in [1.82, 2.24) is 4.98 Å². The van der Waals surface area contributed by atoms with Crippen molar-refractivity contribution in [2.24, 2.45) is 5.10 Å². The second-order valence-corrected chi connectivity index (χ2v) is 9.52. The van der Waals surface area contributed by atoms with Crippen LogP contribution in [-0.2, 0) is 20.1 Å². The van der Waals surface area contributed by atoms with Gasteiger partial charge in [-0.15, -0.1) is 36.3 Å². The Hall–Kier alpha value is -4.09. The molecule has 0 fully saturated rings. The Morgan fingerprint density at radius 3 is 2.15 bits per heavy atom. The molecule has 0 saturated carbocycles. The third-order valence-corrected chi connectivity index (χ3v) is 7.00. The van der Waals surface area contributed by atoms with E-state index in [1.807, 2.05) is 103 Å². The predicted molar refractivity (Wildman–Crippen MR) is 158 cm³/mol. The number of hydrogen-bond acceptors (Lipinski definition) is 5. The third-order valence-electron chi connectivity index (χ3n) is 5.91. The maximum Gasteiger partial charge on any atom is 3.00 e. The first kappa shape index (κ1) is 26.5. The van der Waals surface area contributed by atoms with Crippen LogP contribution in [0.3, 0.4) is 0 Å². The van der Waals surface area contributed by atoms with Gasteiger partial charge in [0.1, 0.15) is 5.84 Å². The molecule has 39 heavy (non-hydrogen) atoms. The predicted octanol–water partition coefficient (Wildman–Crippen LogP) is 8.06. The summed E-state index contributed by atoms with van der Waals surface area (Å²) in [7, 11) is 0. The SMILES string of the molecule is [Ir+3].[c-]1c(-c2ccccn2)sc2ccccc12.[c-]1ccccc1N1[CH-]N(c2ccccc2)C(c2ccccc2)=N1.